The zero-order valence-corrected chi connectivity index (χ0v) is 6.98. The zero-order valence-electron chi connectivity index (χ0n) is 6.98. The van der Waals surface area contributed by atoms with E-state index in [1.807, 2.05) is 0 Å². The van der Waals surface area contributed by atoms with Gasteiger partial charge in [-0.2, -0.15) is 0 Å². The van der Waals surface area contributed by atoms with Gasteiger partial charge in [0.15, 0.2) is 0 Å². The van der Waals surface area contributed by atoms with Crippen LogP contribution in [0.2, 0.25) is 0 Å². The molecule has 1 aliphatic rings. The maximum atomic E-state index is 4.00. The summed E-state index contributed by atoms with van der Waals surface area (Å²) in [7, 11) is 0. The number of rotatable bonds is 0. The van der Waals surface area contributed by atoms with E-state index in [2.05, 4.69) is 26.5 Å². The molecule has 0 aromatic rings. The van der Waals surface area contributed by atoms with Crippen LogP contribution < -0.4 is 0 Å². The topological polar surface area (TPSA) is 0 Å². The van der Waals surface area contributed by atoms with Gasteiger partial charge in [-0.15, -0.1) is 0 Å². The second kappa shape index (κ2) is 3.05. The predicted octanol–water partition coefficient (Wildman–Crippen LogP) is 3.31. The van der Waals surface area contributed by atoms with E-state index in [0.29, 0.717) is 0 Å². The summed E-state index contributed by atoms with van der Waals surface area (Å²) in [6, 6.07) is 0. The summed E-state index contributed by atoms with van der Waals surface area (Å²) in [5.41, 5.74) is 2.80. The second-order valence-electron chi connectivity index (χ2n) is 3.50. The minimum Gasteiger partial charge on any atom is -0.0958 e. The molecular weight excluding hydrogens is 120 g/mol. The van der Waals surface area contributed by atoms with Crippen LogP contribution in [0.25, 0.3) is 0 Å². The standard InChI is InChI=1S/C10H16/c1-8-4-5-9(2)7-10(3)6-8/h6,9H,3-5,7H2,1-2H3. The Labute approximate surface area is 63.6 Å². The molecule has 0 fully saturated rings. The van der Waals surface area contributed by atoms with E-state index in [1.54, 1.807) is 0 Å². The van der Waals surface area contributed by atoms with Gasteiger partial charge in [0, 0.05) is 0 Å². The molecule has 0 heteroatoms. The smallest absolute Gasteiger partial charge is 0.0259 e. The van der Waals surface area contributed by atoms with Crippen molar-refractivity contribution in [3.05, 3.63) is 23.8 Å². The Morgan fingerprint density at radius 3 is 3.00 bits per heavy atom. The van der Waals surface area contributed by atoms with Crippen molar-refractivity contribution in [1.29, 1.82) is 0 Å². The molecule has 1 atom stereocenters. The summed E-state index contributed by atoms with van der Waals surface area (Å²) in [5.74, 6) is 0.834. The fourth-order valence-corrected chi connectivity index (χ4v) is 1.50. The summed E-state index contributed by atoms with van der Waals surface area (Å²) in [6.45, 7) is 8.50. The maximum Gasteiger partial charge on any atom is -0.0259 e. The lowest BCUT2D eigenvalue weighted by atomic mass is 10.0. The monoisotopic (exact) mass is 136 g/mol. The summed E-state index contributed by atoms with van der Waals surface area (Å²) in [6.07, 6.45) is 6.03. The van der Waals surface area contributed by atoms with E-state index in [1.165, 1.54) is 30.4 Å². The first-order valence-electron chi connectivity index (χ1n) is 4.03. The van der Waals surface area contributed by atoms with Crippen LogP contribution in [0.5, 0.6) is 0 Å². The van der Waals surface area contributed by atoms with Crippen molar-refractivity contribution in [3.8, 4) is 0 Å². The lowest BCUT2D eigenvalue weighted by molar-refractivity contribution is 0.541. The predicted molar refractivity (Wildman–Crippen MR) is 45.9 cm³/mol. The molecule has 0 aromatic heterocycles. The van der Waals surface area contributed by atoms with Gasteiger partial charge in [0.2, 0.25) is 0 Å². The van der Waals surface area contributed by atoms with Gasteiger partial charge in [0.25, 0.3) is 0 Å². The molecule has 0 aromatic carbocycles. The summed E-state index contributed by atoms with van der Waals surface area (Å²) >= 11 is 0. The number of allylic oxidation sites excluding steroid dienone is 3. The van der Waals surface area contributed by atoms with E-state index < -0.39 is 0 Å². The normalized spacial score (nSPS) is 27.6. The van der Waals surface area contributed by atoms with Crippen LogP contribution in [0, 0.1) is 5.92 Å². The second-order valence-corrected chi connectivity index (χ2v) is 3.50. The van der Waals surface area contributed by atoms with Gasteiger partial charge in [-0.1, -0.05) is 30.7 Å². The molecule has 10 heavy (non-hydrogen) atoms. The third-order valence-corrected chi connectivity index (χ3v) is 2.09. The van der Waals surface area contributed by atoms with Gasteiger partial charge in [0.1, 0.15) is 0 Å². The Hall–Kier alpha value is -0.520. The van der Waals surface area contributed by atoms with Gasteiger partial charge in [0.05, 0.1) is 0 Å². The van der Waals surface area contributed by atoms with Crippen LogP contribution in [0.15, 0.2) is 23.8 Å². The molecular formula is C10H16. The van der Waals surface area contributed by atoms with Crippen molar-refractivity contribution in [3.63, 3.8) is 0 Å². The van der Waals surface area contributed by atoms with Gasteiger partial charge in [-0.3, -0.25) is 0 Å². The van der Waals surface area contributed by atoms with Crippen LogP contribution in [0.1, 0.15) is 33.1 Å². The summed E-state index contributed by atoms with van der Waals surface area (Å²) in [5, 5.41) is 0. The van der Waals surface area contributed by atoms with Crippen molar-refractivity contribution in [2.45, 2.75) is 33.1 Å². The molecule has 0 saturated heterocycles. The molecule has 0 N–H and O–H groups in total. The minimum atomic E-state index is 0.834. The van der Waals surface area contributed by atoms with E-state index >= 15 is 0 Å². The highest BCUT2D eigenvalue weighted by Gasteiger charge is 2.07. The van der Waals surface area contributed by atoms with Crippen molar-refractivity contribution in [2.75, 3.05) is 0 Å². The molecule has 1 unspecified atom stereocenters. The molecule has 0 aliphatic heterocycles. The van der Waals surface area contributed by atoms with E-state index in [9.17, 15) is 0 Å². The molecule has 0 nitrogen and oxygen atoms in total. The third-order valence-electron chi connectivity index (χ3n) is 2.09. The lowest BCUT2D eigenvalue weighted by Gasteiger charge is -2.05. The fraction of sp³-hybridized carbons (Fsp3) is 0.600. The minimum absolute atomic E-state index is 0.834. The Kier molecular flexibility index (Phi) is 2.31. The van der Waals surface area contributed by atoms with Gasteiger partial charge >= 0.3 is 0 Å². The zero-order chi connectivity index (χ0) is 7.56. The average Bonchev–Trinajstić information content (AvgIpc) is 1.93. The Morgan fingerprint density at radius 2 is 2.30 bits per heavy atom. The molecule has 56 valence electrons. The highest BCUT2D eigenvalue weighted by Crippen LogP contribution is 2.24. The first-order valence-corrected chi connectivity index (χ1v) is 4.03. The van der Waals surface area contributed by atoms with Crippen molar-refractivity contribution < 1.29 is 0 Å². The molecule has 0 bridgehead atoms. The molecule has 0 heterocycles. The largest absolute Gasteiger partial charge is 0.0958 e. The highest BCUT2D eigenvalue weighted by molar-refractivity contribution is 5.21. The molecule has 0 amide bonds. The van der Waals surface area contributed by atoms with Gasteiger partial charge in [-0.05, 0) is 32.1 Å². The summed E-state index contributed by atoms with van der Waals surface area (Å²) in [4.78, 5) is 0. The van der Waals surface area contributed by atoms with Crippen molar-refractivity contribution in [1.82, 2.24) is 0 Å². The van der Waals surface area contributed by atoms with E-state index in [-0.39, 0.29) is 0 Å². The molecule has 0 saturated carbocycles. The van der Waals surface area contributed by atoms with Gasteiger partial charge in [-0.25, -0.2) is 0 Å². The average molecular weight is 136 g/mol. The molecule has 1 aliphatic carbocycles. The Morgan fingerprint density at radius 1 is 1.60 bits per heavy atom. The van der Waals surface area contributed by atoms with Crippen LogP contribution in [-0.2, 0) is 0 Å². The van der Waals surface area contributed by atoms with Crippen molar-refractivity contribution in [2.24, 2.45) is 5.92 Å². The molecule has 0 radical (unpaired) electrons. The maximum absolute atomic E-state index is 4.00. The van der Waals surface area contributed by atoms with E-state index in [4.69, 9.17) is 0 Å². The first kappa shape index (κ1) is 7.59. The van der Waals surface area contributed by atoms with Crippen LogP contribution >= 0.6 is 0 Å². The van der Waals surface area contributed by atoms with Crippen LogP contribution in [0.3, 0.4) is 0 Å². The Bertz CT molecular complexity index is 163. The Balaban J connectivity index is 2.62. The number of hydrogen-bond donors (Lipinski definition) is 0. The van der Waals surface area contributed by atoms with Crippen LogP contribution in [-0.4, -0.2) is 0 Å². The number of hydrogen-bond acceptors (Lipinski definition) is 0. The van der Waals surface area contributed by atoms with E-state index in [0.717, 1.165) is 5.92 Å². The quantitative estimate of drug-likeness (QED) is 0.479. The van der Waals surface area contributed by atoms with Crippen LogP contribution in [0.4, 0.5) is 0 Å². The SMILES string of the molecule is C=C1C=C(C)CCC(C)C1. The fourth-order valence-electron chi connectivity index (χ4n) is 1.50. The van der Waals surface area contributed by atoms with Crippen molar-refractivity contribution >= 4 is 0 Å². The third kappa shape index (κ3) is 2.02. The molecule has 1 rings (SSSR count). The molecule has 0 spiro atoms. The first-order chi connectivity index (χ1) is 4.68. The summed E-state index contributed by atoms with van der Waals surface area (Å²) < 4.78 is 0. The highest BCUT2D eigenvalue weighted by atomic mass is 14.1. The lowest BCUT2D eigenvalue weighted by Crippen LogP contribution is -1.91. The van der Waals surface area contributed by atoms with Gasteiger partial charge < -0.3 is 0 Å².